The van der Waals surface area contributed by atoms with Crippen molar-refractivity contribution in [1.82, 2.24) is 4.90 Å². The molecule has 3 rings (SSSR count). The molecule has 1 amide bonds. The van der Waals surface area contributed by atoms with E-state index in [0.29, 0.717) is 24.3 Å². The number of esters is 1. The average molecular weight is 277 g/mol. The number of β-lactam (4-membered cyclic amide) rings is 1. The van der Waals surface area contributed by atoms with Crippen molar-refractivity contribution < 1.29 is 23.8 Å². The third kappa shape index (κ3) is 2.34. The van der Waals surface area contributed by atoms with Gasteiger partial charge in [-0.2, -0.15) is 0 Å². The predicted octanol–water partition coefficient (Wildman–Crippen LogP) is 0.809. The second kappa shape index (κ2) is 5.13. The number of carbonyl (C=O) groups excluding carboxylic acids is 2. The summed E-state index contributed by atoms with van der Waals surface area (Å²) in [6, 6.07) is 6.70. The zero-order valence-electron chi connectivity index (χ0n) is 11.1. The first-order valence-corrected chi connectivity index (χ1v) is 6.43. The Balaban J connectivity index is 1.50. The van der Waals surface area contributed by atoms with Gasteiger partial charge >= 0.3 is 5.97 Å². The molecule has 0 radical (unpaired) electrons. The summed E-state index contributed by atoms with van der Waals surface area (Å²) in [4.78, 5) is 24.7. The molecule has 2 fully saturated rings. The number of amides is 1. The highest BCUT2D eigenvalue weighted by molar-refractivity contribution is 5.89. The molecule has 0 bridgehead atoms. The summed E-state index contributed by atoms with van der Waals surface area (Å²) in [6.45, 7) is 0.657. The Hall–Kier alpha value is -2.08. The number of rotatable bonds is 4. The maximum absolute atomic E-state index is 11.8. The number of fused-ring (bicyclic) bond motifs is 1. The number of methoxy groups -OCH3 is 1. The van der Waals surface area contributed by atoms with Crippen LogP contribution in [0.15, 0.2) is 24.3 Å². The zero-order chi connectivity index (χ0) is 14.1. The first-order chi connectivity index (χ1) is 9.67. The Morgan fingerprint density at radius 1 is 1.40 bits per heavy atom. The van der Waals surface area contributed by atoms with Gasteiger partial charge in [-0.05, 0) is 24.3 Å². The Kier molecular flexibility index (Phi) is 3.31. The lowest BCUT2D eigenvalue weighted by atomic mass is 10.2. The maximum Gasteiger partial charge on any atom is 0.338 e. The van der Waals surface area contributed by atoms with Crippen LogP contribution >= 0.6 is 0 Å². The minimum absolute atomic E-state index is 0.0963. The van der Waals surface area contributed by atoms with E-state index < -0.39 is 5.97 Å². The van der Waals surface area contributed by atoms with Crippen LogP contribution in [0.25, 0.3) is 0 Å². The standard InChI is InChI=1S/C14H15NO5/c1-18-10-4-2-9(3-5-10)14(17)19-8-11-7-15-12(16)6-13(15)20-11/h2-5,11,13H,6-8H2,1H3. The smallest absolute Gasteiger partial charge is 0.338 e. The Labute approximate surface area is 116 Å². The average Bonchev–Trinajstić information content (AvgIpc) is 2.81. The van der Waals surface area contributed by atoms with Crippen LogP contribution in [-0.2, 0) is 14.3 Å². The molecule has 0 aromatic heterocycles. The normalized spacial score (nSPS) is 24.1. The Morgan fingerprint density at radius 2 is 2.15 bits per heavy atom. The number of carbonyl (C=O) groups is 2. The molecule has 1 aromatic rings. The van der Waals surface area contributed by atoms with E-state index >= 15 is 0 Å². The molecule has 1 aromatic carbocycles. The quantitative estimate of drug-likeness (QED) is 0.602. The monoisotopic (exact) mass is 277 g/mol. The Morgan fingerprint density at radius 3 is 2.75 bits per heavy atom. The van der Waals surface area contributed by atoms with E-state index in [2.05, 4.69) is 0 Å². The van der Waals surface area contributed by atoms with Crippen LogP contribution in [-0.4, -0.2) is 49.4 Å². The molecule has 0 saturated carbocycles. The fraction of sp³-hybridized carbons (Fsp3) is 0.429. The molecule has 20 heavy (non-hydrogen) atoms. The second-order valence-electron chi connectivity index (χ2n) is 4.79. The summed E-state index contributed by atoms with van der Waals surface area (Å²) >= 11 is 0. The van der Waals surface area contributed by atoms with Gasteiger partial charge in [0, 0.05) is 0 Å². The molecule has 2 aliphatic rings. The molecular formula is C14H15NO5. The predicted molar refractivity (Wildman–Crippen MR) is 68.3 cm³/mol. The van der Waals surface area contributed by atoms with Gasteiger partial charge in [0.15, 0.2) is 0 Å². The van der Waals surface area contributed by atoms with Gasteiger partial charge in [0.05, 0.1) is 25.6 Å². The van der Waals surface area contributed by atoms with Gasteiger partial charge in [-0.15, -0.1) is 0 Å². The first kappa shape index (κ1) is 12.9. The Bertz CT molecular complexity index is 527. The summed E-state index contributed by atoms with van der Waals surface area (Å²) in [5.41, 5.74) is 0.461. The van der Waals surface area contributed by atoms with Gasteiger partial charge in [0.25, 0.3) is 0 Å². The zero-order valence-corrected chi connectivity index (χ0v) is 11.1. The summed E-state index contributed by atoms with van der Waals surface area (Å²) in [6.07, 6.45) is 0.0870. The second-order valence-corrected chi connectivity index (χ2v) is 4.79. The first-order valence-electron chi connectivity index (χ1n) is 6.43. The van der Waals surface area contributed by atoms with Crippen molar-refractivity contribution in [2.24, 2.45) is 0 Å². The number of benzene rings is 1. The SMILES string of the molecule is COc1ccc(C(=O)OCC2CN3C(=O)CC3O2)cc1. The number of ether oxygens (including phenoxy) is 3. The minimum atomic E-state index is -0.406. The van der Waals surface area contributed by atoms with Crippen molar-refractivity contribution in [1.29, 1.82) is 0 Å². The van der Waals surface area contributed by atoms with Gasteiger partial charge in [-0.1, -0.05) is 0 Å². The van der Waals surface area contributed by atoms with Crippen LogP contribution < -0.4 is 4.74 Å². The third-order valence-electron chi connectivity index (χ3n) is 3.49. The largest absolute Gasteiger partial charge is 0.497 e. The topological polar surface area (TPSA) is 65.1 Å². The fourth-order valence-corrected chi connectivity index (χ4v) is 2.32. The summed E-state index contributed by atoms with van der Waals surface area (Å²) < 4.78 is 15.8. The minimum Gasteiger partial charge on any atom is -0.497 e. The van der Waals surface area contributed by atoms with E-state index in [0.717, 1.165) is 0 Å². The molecule has 106 valence electrons. The van der Waals surface area contributed by atoms with Gasteiger partial charge < -0.3 is 19.1 Å². The van der Waals surface area contributed by atoms with Crippen LogP contribution in [0.5, 0.6) is 5.75 Å². The van der Waals surface area contributed by atoms with E-state index in [-0.39, 0.29) is 24.8 Å². The van der Waals surface area contributed by atoms with Crippen molar-refractivity contribution >= 4 is 11.9 Å². The van der Waals surface area contributed by atoms with Crippen LogP contribution in [0, 0.1) is 0 Å². The number of hydrogen-bond acceptors (Lipinski definition) is 5. The van der Waals surface area contributed by atoms with E-state index in [9.17, 15) is 9.59 Å². The highest BCUT2D eigenvalue weighted by Gasteiger charge is 2.45. The number of nitrogens with zero attached hydrogens (tertiary/aromatic N) is 1. The highest BCUT2D eigenvalue weighted by atomic mass is 16.6. The van der Waals surface area contributed by atoms with Gasteiger partial charge in [-0.25, -0.2) is 4.79 Å². The molecule has 0 spiro atoms. The molecule has 6 nitrogen and oxygen atoms in total. The van der Waals surface area contributed by atoms with Crippen molar-refractivity contribution in [3.63, 3.8) is 0 Å². The molecule has 2 atom stereocenters. The lowest BCUT2D eigenvalue weighted by molar-refractivity contribution is -0.156. The molecule has 0 N–H and O–H groups in total. The summed E-state index contributed by atoms with van der Waals surface area (Å²) in [5.74, 6) is 0.374. The lowest BCUT2D eigenvalue weighted by Crippen LogP contribution is -2.48. The van der Waals surface area contributed by atoms with Crippen molar-refractivity contribution in [2.45, 2.75) is 18.8 Å². The molecule has 2 aliphatic heterocycles. The molecule has 0 aliphatic carbocycles. The lowest BCUT2D eigenvalue weighted by Gasteiger charge is -2.31. The van der Waals surface area contributed by atoms with Crippen LogP contribution in [0.3, 0.4) is 0 Å². The van der Waals surface area contributed by atoms with Crippen LogP contribution in [0.1, 0.15) is 16.8 Å². The van der Waals surface area contributed by atoms with E-state index in [1.807, 2.05) is 0 Å². The van der Waals surface area contributed by atoms with Gasteiger partial charge in [0.1, 0.15) is 24.7 Å². The summed E-state index contributed by atoms with van der Waals surface area (Å²) in [5, 5.41) is 0. The van der Waals surface area contributed by atoms with Crippen molar-refractivity contribution in [2.75, 3.05) is 20.3 Å². The number of hydrogen-bond donors (Lipinski definition) is 0. The fourth-order valence-electron chi connectivity index (χ4n) is 2.32. The van der Waals surface area contributed by atoms with E-state index in [4.69, 9.17) is 14.2 Å². The van der Waals surface area contributed by atoms with Crippen molar-refractivity contribution in [3.8, 4) is 5.75 Å². The molecule has 2 unspecified atom stereocenters. The van der Waals surface area contributed by atoms with Gasteiger partial charge in [0.2, 0.25) is 5.91 Å². The molecule has 2 saturated heterocycles. The highest BCUT2D eigenvalue weighted by Crippen LogP contribution is 2.28. The van der Waals surface area contributed by atoms with Crippen LogP contribution in [0.2, 0.25) is 0 Å². The molecule has 2 heterocycles. The van der Waals surface area contributed by atoms with Crippen LogP contribution in [0.4, 0.5) is 0 Å². The molecule has 6 heteroatoms. The maximum atomic E-state index is 11.8. The molecular weight excluding hydrogens is 262 g/mol. The van der Waals surface area contributed by atoms with Crippen molar-refractivity contribution in [3.05, 3.63) is 29.8 Å². The summed E-state index contributed by atoms with van der Waals surface area (Å²) in [7, 11) is 1.57. The van der Waals surface area contributed by atoms with Gasteiger partial charge in [-0.3, -0.25) is 4.79 Å². The van der Waals surface area contributed by atoms with E-state index in [1.54, 1.807) is 36.3 Å². The third-order valence-corrected chi connectivity index (χ3v) is 3.49. The van der Waals surface area contributed by atoms with E-state index in [1.165, 1.54) is 0 Å².